The number of amides is 1. The minimum atomic E-state index is -4.08. The molecule has 5 aromatic rings. The van der Waals surface area contributed by atoms with Crippen molar-refractivity contribution in [1.82, 2.24) is 10.4 Å². The van der Waals surface area contributed by atoms with Crippen LogP contribution in [0.5, 0.6) is 5.75 Å². The van der Waals surface area contributed by atoms with Crippen LogP contribution in [0.2, 0.25) is 0 Å². The van der Waals surface area contributed by atoms with E-state index in [0.29, 0.717) is 21.9 Å². The average Bonchev–Trinajstić information content (AvgIpc) is 3.32. The minimum Gasteiger partial charge on any atom is -0.431 e. The van der Waals surface area contributed by atoms with E-state index >= 15 is 0 Å². The highest BCUT2D eigenvalue weighted by Gasteiger charge is 2.19. The van der Waals surface area contributed by atoms with Crippen LogP contribution in [-0.4, -0.2) is 31.3 Å². The number of oxazole rings is 1. The number of rotatable bonds is 8. The van der Waals surface area contributed by atoms with Gasteiger partial charge in [0.05, 0.1) is 12.0 Å². The van der Waals surface area contributed by atoms with Crippen molar-refractivity contribution in [3.05, 3.63) is 96.1 Å². The number of nitrogens with zero attached hydrogens (tertiary/aromatic N) is 2. The van der Waals surface area contributed by atoms with E-state index in [0.717, 1.165) is 28.1 Å². The first-order valence-corrected chi connectivity index (χ1v) is 13.6. The van der Waals surface area contributed by atoms with Crippen LogP contribution in [0.15, 0.2) is 105 Å². The monoisotopic (exact) mass is 531 g/mol. The highest BCUT2D eigenvalue weighted by Crippen LogP contribution is 2.29. The van der Waals surface area contributed by atoms with E-state index in [4.69, 9.17) is 8.60 Å². The molecular weight excluding hydrogens is 510 g/mol. The van der Waals surface area contributed by atoms with Crippen molar-refractivity contribution in [2.24, 2.45) is 5.10 Å². The molecule has 0 bridgehead atoms. The maximum atomic E-state index is 12.9. The van der Waals surface area contributed by atoms with E-state index < -0.39 is 10.1 Å². The van der Waals surface area contributed by atoms with Crippen LogP contribution >= 0.6 is 11.8 Å². The normalized spacial score (nSPS) is 11.8. The van der Waals surface area contributed by atoms with Crippen LogP contribution in [0.1, 0.15) is 11.1 Å². The van der Waals surface area contributed by atoms with E-state index in [9.17, 15) is 13.2 Å². The highest BCUT2D eigenvalue weighted by molar-refractivity contribution is 7.99. The van der Waals surface area contributed by atoms with Crippen molar-refractivity contribution in [1.29, 1.82) is 0 Å². The first-order chi connectivity index (χ1) is 17.9. The Hall–Kier alpha value is -4.15. The third-order valence-corrected chi connectivity index (χ3v) is 7.50. The number of hydrogen-bond donors (Lipinski definition) is 1. The van der Waals surface area contributed by atoms with Crippen molar-refractivity contribution < 1.29 is 21.8 Å². The largest absolute Gasteiger partial charge is 0.431 e. The summed E-state index contributed by atoms with van der Waals surface area (Å²) in [7, 11) is -4.08. The molecule has 0 unspecified atom stereocenters. The van der Waals surface area contributed by atoms with Gasteiger partial charge in [-0.1, -0.05) is 71.9 Å². The molecule has 8 nitrogen and oxygen atoms in total. The van der Waals surface area contributed by atoms with Gasteiger partial charge in [0.2, 0.25) is 0 Å². The Kier molecular flexibility index (Phi) is 6.93. The number of para-hydroxylation sites is 2. The Morgan fingerprint density at radius 2 is 1.78 bits per heavy atom. The molecule has 5 rings (SSSR count). The Morgan fingerprint density at radius 1 is 1.03 bits per heavy atom. The second-order valence-electron chi connectivity index (χ2n) is 8.08. The predicted molar refractivity (Wildman–Crippen MR) is 143 cm³/mol. The van der Waals surface area contributed by atoms with E-state index in [1.165, 1.54) is 18.3 Å². The molecule has 0 atom stereocenters. The van der Waals surface area contributed by atoms with Crippen molar-refractivity contribution in [2.75, 3.05) is 5.75 Å². The maximum Gasteiger partial charge on any atom is 0.339 e. The zero-order chi connectivity index (χ0) is 25.8. The Labute approximate surface area is 217 Å². The molecule has 0 radical (unpaired) electrons. The highest BCUT2D eigenvalue weighted by atomic mass is 32.2. The topological polar surface area (TPSA) is 111 Å². The molecule has 0 spiro atoms. The summed E-state index contributed by atoms with van der Waals surface area (Å²) in [5.41, 5.74) is 5.17. The number of fused-ring (bicyclic) bond motifs is 2. The van der Waals surface area contributed by atoms with Crippen LogP contribution in [0.3, 0.4) is 0 Å². The number of thioether (sulfide) groups is 1. The third kappa shape index (κ3) is 5.65. The number of nitrogens with one attached hydrogen (secondary N) is 1. The van der Waals surface area contributed by atoms with Gasteiger partial charge in [0.15, 0.2) is 11.3 Å². The number of hydrazone groups is 1. The molecule has 0 saturated heterocycles. The first kappa shape index (κ1) is 24.5. The van der Waals surface area contributed by atoms with Crippen LogP contribution in [0.4, 0.5) is 0 Å². The van der Waals surface area contributed by atoms with E-state index in [-0.39, 0.29) is 22.3 Å². The lowest BCUT2D eigenvalue weighted by Gasteiger charge is -2.12. The van der Waals surface area contributed by atoms with Crippen molar-refractivity contribution in [3.63, 3.8) is 0 Å². The summed E-state index contributed by atoms with van der Waals surface area (Å²) in [5, 5.41) is 6.02. The fourth-order valence-electron chi connectivity index (χ4n) is 3.59. The number of carbonyl (C=O) groups is 1. The SMILES string of the molecule is Cc1ccc(S(=O)(=O)Oc2ccc3ccccc3c2/C=N\NC(=O)CSc2nc3ccccc3o2)cc1. The van der Waals surface area contributed by atoms with Crippen LogP contribution < -0.4 is 9.61 Å². The van der Waals surface area contributed by atoms with Gasteiger partial charge in [-0.15, -0.1) is 0 Å². The second kappa shape index (κ2) is 10.5. The van der Waals surface area contributed by atoms with E-state index in [1.54, 1.807) is 30.3 Å². The Bertz CT molecular complexity index is 1700. The first-order valence-electron chi connectivity index (χ1n) is 11.2. The van der Waals surface area contributed by atoms with Gasteiger partial charge in [0.25, 0.3) is 11.1 Å². The lowest BCUT2D eigenvalue weighted by molar-refractivity contribution is -0.118. The number of benzene rings is 4. The molecule has 0 saturated carbocycles. The summed E-state index contributed by atoms with van der Waals surface area (Å²) in [6, 6.07) is 24.5. The number of carbonyl (C=O) groups excluding carboxylic acids is 1. The van der Waals surface area contributed by atoms with Crippen molar-refractivity contribution in [3.8, 4) is 5.75 Å². The molecule has 1 N–H and O–H groups in total. The molecule has 4 aromatic carbocycles. The Morgan fingerprint density at radius 3 is 2.59 bits per heavy atom. The zero-order valence-electron chi connectivity index (χ0n) is 19.6. The van der Waals surface area contributed by atoms with Gasteiger partial charge in [-0.05, 0) is 48.0 Å². The van der Waals surface area contributed by atoms with Crippen molar-refractivity contribution in [2.45, 2.75) is 17.0 Å². The molecule has 0 aliphatic heterocycles. The molecule has 37 heavy (non-hydrogen) atoms. The van der Waals surface area contributed by atoms with Gasteiger partial charge >= 0.3 is 10.1 Å². The van der Waals surface area contributed by atoms with Gasteiger partial charge in [-0.2, -0.15) is 13.5 Å². The van der Waals surface area contributed by atoms with E-state index in [2.05, 4.69) is 15.5 Å². The molecule has 10 heteroatoms. The van der Waals surface area contributed by atoms with Crippen LogP contribution in [0, 0.1) is 6.92 Å². The van der Waals surface area contributed by atoms with Gasteiger partial charge in [0, 0.05) is 5.56 Å². The summed E-state index contributed by atoms with van der Waals surface area (Å²) in [5.74, 6) is -0.248. The molecule has 0 aliphatic carbocycles. The standard InChI is InChI=1S/C27H21N3O5S2/c1-18-10-13-20(14-11-18)37(32,33)35-24-15-12-19-6-2-3-7-21(19)22(24)16-28-30-26(31)17-36-27-29-23-8-4-5-9-25(23)34-27/h2-16H,17H2,1H3,(H,30,31)/b28-16-. The van der Waals surface area contributed by atoms with Crippen molar-refractivity contribution >= 4 is 55.9 Å². The average molecular weight is 532 g/mol. The smallest absolute Gasteiger partial charge is 0.339 e. The fourth-order valence-corrected chi connectivity index (χ4v) is 5.17. The number of hydrogen-bond acceptors (Lipinski definition) is 8. The fraction of sp³-hybridized carbons (Fsp3) is 0.0741. The predicted octanol–water partition coefficient (Wildman–Crippen LogP) is 5.30. The minimum absolute atomic E-state index is 0.0326. The molecule has 1 heterocycles. The summed E-state index contributed by atoms with van der Waals surface area (Å²) >= 11 is 1.14. The number of aryl methyl sites for hydroxylation is 1. The molecular formula is C27H21N3O5S2. The summed E-state index contributed by atoms with van der Waals surface area (Å²) in [4.78, 5) is 16.7. The maximum absolute atomic E-state index is 12.9. The molecule has 0 fully saturated rings. The summed E-state index contributed by atoms with van der Waals surface area (Å²) < 4.78 is 36.9. The van der Waals surface area contributed by atoms with Gasteiger partial charge < -0.3 is 8.60 Å². The van der Waals surface area contributed by atoms with E-state index in [1.807, 2.05) is 49.4 Å². The van der Waals surface area contributed by atoms with Gasteiger partial charge in [-0.25, -0.2) is 10.4 Å². The number of aromatic nitrogens is 1. The quantitative estimate of drug-likeness (QED) is 0.125. The third-order valence-electron chi connectivity index (χ3n) is 5.42. The second-order valence-corrected chi connectivity index (χ2v) is 10.6. The Balaban J connectivity index is 1.33. The lowest BCUT2D eigenvalue weighted by atomic mass is 10.0. The molecule has 1 amide bonds. The molecule has 1 aromatic heterocycles. The molecule has 186 valence electrons. The molecule has 0 aliphatic rings. The van der Waals surface area contributed by atoms with Gasteiger partial charge in [-0.3, -0.25) is 4.79 Å². The lowest BCUT2D eigenvalue weighted by Crippen LogP contribution is -2.19. The van der Waals surface area contributed by atoms with Gasteiger partial charge in [0.1, 0.15) is 10.4 Å². The summed E-state index contributed by atoms with van der Waals surface area (Å²) in [6.07, 6.45) is 1.38. The van der Waals surface area contributed by atoms with Crippen LogP contribution in [-0.2, 0) is 14.9 Å². The zero-order valence-corrected chi connectivity index (χ0v) is 21.3. The summed E-state index contributed by atoms with van der Waals surface area (Å²) in [6.45, 7) is 1.87. The van der Waals surface area contributed by atoms with Crippen LogP contribution in [0.25, 0.3) is 21.9 Å².